The van der Waals surface area contributed by atoms with Crippen LogP contribution in [0.25, 0.3) is 158 Å². The minimum absolute atomic E-state index is 0.0855. The van der Waals surface area contributed by atoms with Crippen molar-refractivity contribution < 1.29 is 0 Å². The fraction of sp³-hybridized carbons (Fsp3) is 0.167. The number of rotatable bonds is 7. The van der Waals surface area contributed by atoms with Gasteiger partial charge in [-0.3, -0.25) is 0 Å². The molecule has 0 aliphatic carbocycles. The maximum absolute atomic E-state index is 2.57. The molecule has 0 aliphatic heterocycles. The summed E-state index contributed by atoms with van der Waals surface area (Å²) in [6.07, 6.45) is 0. The van der Waals surface area contributed by atoms with Crippen LogP contribution in [0.5, 0.6) is 0 Å². The van der Waals surface area contributed by atoms with E-state index in [2.05, 4.69) is 294 Å². The zero-order chi connectivity index (χ0) is 58.6. The first kappa shape index (κ1) is 50.6. The molecule has 87 heavy (non-hydrogen) atoms. The molecule has 2 unspecified atom stereocenters. The standard InChI is InChI=1S/C84H67N3/c1-46(2)51-18-22-55-40-78-68(34-59(55)30-51)72-38-63(50-26-28-64(29-27-50)84(7,8)9)39-73-69-36-61-32-53(20-24-57(61)42-79(69)86(78)82(72)73)48(5)49(6)54-21-25-58-43-81-71(37-62(58)33-54)75-45-65(85-76-16-12-10-14-66(76)67-15-11-13-17-77(67)85)44-74-70-35-60-31-52(47(3)4)19-23-56(60)41-80(70)87(81)83(74)75/h10-49H,1-9H3. The van der Waals surface area contributed by atoms with Gasteiger partial charge in [-0.05, 0) is 196 Å². The van der Waals surface area contributed by atoms with Gasteiger partial charge in [0, 0.05) is 59.5 Å². The lowest BCUT2D eigenvalue weighted by atomic mass is 9.82. The van der Waals surface area contributed by atoms with E-state index in [1.54, 1.807) is 0 Å². The summed E-state index contributed by atoms with van der Waals surface area (Å²) in [5.74, 6) is 1.46. The van der Waals surface area contributed by atoms with Gasteiger partial charge < -0.3 is 13.4 Å². The van der Waals surface area contributed by atoms with Gasteiger partial charge in [-0.25, -0.2) is 0 Å². The van der Waals surface area contributed by atoms with Crippen LogP contribution in [-0.4, -0.2) is 13.4 Å². The Balaban J connectivity index is 0.772. The highest BCUT2D eigenvalue weighted by molar-refractivity contribution is 6.29. The summed E-state index contributed by atoms with van der Waals surface area (Å²) in [6, 6.07) is 85.3. The number of hydrogen-bond acceptors (Lipinski definition) is 0. The van der Waals surface area contributed by atoms with Gasteiger partial charge in [-0.15, -0.1) is 0 Å². The average molecular weight is 1120 g/mol. The molecule has 5 heterocycles. The van der Waals surface area contributed by atoms with Gasteiger partial charge in [0.15, 0.2) is 0 Å². The van der Waals surface area contributed by atoms with Crippen LogP contribution in [0.1, 0.15) is 114 Å². The monoisotopic (exact) mass is 1120 g/mol. The SMILES string of the molecule is CC(C)c1ccc2cc3c(cc2c1)c1cc(-c2ccc(C(C)(C)C)cc2)cc2c4cc5cc(C(C)C(C)c6ccc7cc8c(cc7c6)c6cc(-n7c9ccccc9c9ccccc97)cc7c9cc%10cc(C(C)C)ccc%10cc9n8c76)ccc5cc4n3c12. The fourth-order valence-corrected chi connectivity index (χ4v) is 15.6. The predicted octanol–water partition coefficient (Wildman–Crippen LogP) is 23.8. The highest BCUT2D eigenvalue weighted by atomic mass is 15.0. The van der Waals surface area contributed by atoms with E-state index in [1.165, 1.54) is 186 Å². The van der Waals surface area contributed by atoms with Crippen molar-refractivity contribution in [3.05, 3.63) is 246 Å². The van der Waals surface area contributed by atoms with Gasteiger partial charge in [0.1, 0.15) is 0 Å². The van der Waals surface area contributed by atoms with Crippen molar-refractivity contribution in [2.45, 2.75) is 91.4 Å². The molecule has 0 fully saturated rings. The zero-order valence-corrected chi connectivity index (χ0v) is 50.9. The summed E-state index contributed by atoms with van der Waals surface area (Å²) in [6.45, 7) is 20.9. The molecule has 13 aromatic carbocycles. The van der Waals surface area contributed by atoms with Crippen LogP contribution in [0.4, 0.5) is 0 Å². The molecule has 0 saturated heterocycles. The van der Waals surface area contributed by atoms with Crippen LogP contribution in [-0.2, 0) is 5.41 Å². The van der Waals surface area contributed by atoms with Crippen molar-refractivity contribution >= 4 is 141 Å². The minimum Gasteiger partial charge on any atom is -0.309 e. The number of fused-ring (bicyclic) bond motifs is 19. The van der Waals surface area contributed by atoms with Gasteiger partial charge >= 0.3 is 0 Å². The average Bonchev–Trinajstić information content (AvgIpc) is 1.56. The van der Waals surface area contributed by atoms with Crippen LogP contribution < -0.4 is 0 Å². The molecular weight excluding hydrogens is 1050 g/mol. The van der Waals surface area contributed by atoms with Gasteiger partial charge in [0.05, 0.1) is 44.1 Å². The van der Waals surface area contributed by atoms with Crippen molar-refractivity contribution in [2.75, 3.05) is 0 Å². The lowest BCUT2D eigenvalue weighted by molar-refractivity contribution is 0.590. The Bertz CT molecular complexity index is 5900. The molecule has 0 N–H and O–H groups in total. The molecule has 418 valence electrons. The van der Waals surface area contributed by atoms with Gasteiger partial charge in [0.25, 0.3) is 0 Å². The van der Waals surface area contributed by atoms with Crippen molar-refractivity contribution in [3.8, 4) is 16.8 Å². The topological polar surface area (TPSA) is 13.8 Å². The fourth-order valence-electron chi connectivity index (χ4n) is 15.6. The zero-order valence-electron chi connectivity index (χ0n) is 50.9. The van der Waals surface area contributed by atoms with Crippen molar-refractivity contribution in [1.82, 2.24) is 13.4 Å². The molecule has 0 aliphatic rings. The van der Waals surface area contributed by atoms with Crippen molar-refractivity contribution in [2.24, 2.45) is 0 Å². The first-order valence-corrected chi connectivity index (χ1v) is 31.6. The molecule has 0 bridgehead atoms. The molecule has 3 heteroatoms. The first-order chi connectivity index (χ1) is 42.2. The van der Waals surface area contributed by atoms with E-state index in [4.69, 9.17) is 0 Å². The Labute approximate surface area is 506 Å². The highest BCUT2D eigenvalue weighted by Crippen LogP contribution is 2.48. The quantitative estimate of drug-likeness (QED) is 0.151. The first-order valence-electron chi connectivity index (χ1n) is 31.6. The summed E-state index contributed by atoms with van der Waals surface area (Å²) in [7, 11) is 0. The van der Waals surface area contributed by atoms with E-state index in [-0.39, 0.29) is 17.3 Å². The Kier molecular flexibility index (Phi) is 10.4. The number of para-hydroxylation sites is 2. The maximum Gasteiger partial charge on any atom is 0.0622 e. The van der Waals surface area contributed by atoms with Crippen LogP contribution in [0, 0.1) is 0 Å². The highest BCUT2D eigenvalue weighted by Gasteiger charge is 2.26. The van der Waals surface area contributed by atoms with E-state index in [0.29, 0.717) is 11.8 Å². The third kappa shape index (κ3) is 7.29. The molecule has 3 nitrogen and oxygen atoms in total. The summed E-state index contributed by atoms with van der Waals surface area (Å²) in [4.78, 5) is 0. The molecule has 0 radical (unpaired) electrons. The second-order valence-corrected chi connectivity index (χ2v) is 27.5. The summed E-state index contributed by atoms with van der Waals surface area (Å²) in [5.41, 5.74) is 20.7. The molecule has 0 amide bonds. The Hall–Kier alpha value is -9.70. The predicted molar refractivity (Wildman–Crippen MR) is 376 cm³/mol. The molecule has 5 aromatic heterocycles. The van der Waals surface area contributed by atoms with E-state index < -0.39 is 0 Å². The lowest BCUT2D eigenvalue weighted by Gasteiger charge is -2.22. The van der Waals surface area contributed by atoms with Crippen molar-refractivity contribution in [1.29, 1.82) is 0 Å². The lowest BCUT2D eigenvalue weighted by Crippen LogP contribution is -2.10. The van der Waals surface area contributed by atoms with Gasteiger partial charge in [0.2, 0.25) is 0 Å². The van der Waals surface area contributed by atoms with E-state index >= 15 is 0 Å². The Morgan fingerprint density at radius 3 is 1.01 bits per heavy atom. The third-order valence-corrected chi connectivity index (χ3v) is 20.7. The third-order valence-electron chi connectivity index (χ3n) is 20.7. The number of nitrogens with zero attached hydrogens (tertiary/aromatic N) is 3. The maximum atomic E-state index is 2.57. The molecule has 2 atom stereocenters. The van der Waals surface area contributed by atoms with Gasteiger partial charge in [-0.1, -0.05) is 196 Å². The largest absolute Gasteiger partial charge is 0.309 e. The van der Waals surface area contributed by atoms with Crippen molar-refractivity contribution in [3.63, 3.8) is 0 Å². The van der Waals surface area contributed by atoms with Crippen LogP contribution in [0.3, 0.4) is 0 Å². The van der Waals surface area contributed by atoms with E-state index in [1.807, 2.05) is 0 Å². The molecule has 0 saturated carbocycles. The summed E-state index contributed by atoms with van der Waals surface area (Å²) >= 11 is 0. The second-order valence-electron chi connectivity index (χ2n) is 27.5. The summed E-state index contributed by atoms with van der Waals surface area (Å²) in [5, 5.41) is 23.2. The van der Waals surface area contributed by atoms with Crippen LogP contribution >= 0.6 is 0 Å². The smallest absolute Gasteiger partial charge is 0.0622 e. The number of aromatic nitrogens is 3. The minimum atomic E-state index is 0.0855. The van der Waals surface area contributed by atoms with E-state index in [0.717, 1.165) is 0 Å². The Morgan fingerprint density at radius 2 is 0.632 bits per heavy atom. The van der Waals surface area contributed by atoms with Gasteiger partial charge in [-0.2, -0.15) is 0 Å². The summed E-state index contributed by atoms with van der Waals surface area (Å²) < 4.78 is 7.64. The van der Waals surface area contributed by atoms with Crippen LogP contribution in [0.15, 0.2) is 218 Å². The molecule has 18 aromatic rings. The number of benzene rings is 13. The Morgan fingerprint density at radius 1 is 0.276 bits per heavy atom. The second kappa shape index (κ2) is 17.9. The number of hydrogen-bond donors (Lipinski definition) is 0. The molecule has 0 spiro atoms. The molecular formula is C84H67N3. The van der Waals surface area contributed by atoms with E-state index in [9.17, 15) is 0 Å². The molecule has 18 rings (SSSR count). The normalized spacial score (nSPS) is 13.7. The van der Waals surface area contributed by atoms with Crippen LogP contribution in [0.2, 0.25) is 0 Å².